The number of thiazole rings is 1. The van der Waals surface area contributed by atoms with Gasteiger partial charge in [0.25, 0.3) is 5.91 Å². The third-order valence-corrected chi connectivity index (χ3v) is 11.4. The second-order valence-corrected chi connectivity index (χ2v) is 15.9. The van der Waals surface area contributed by atoms with Gasteiger partial charge in [-0.1, -0.05) is 51.1 Å². The zero-order valence-corrected chi connectivity index (χ0v) is 23.5. The van der Waals surface area contributed by atoms with Crippen LogP contribution in [0.2, 0.25) is 18.1 Å². The number of rotatable bonds is 10. The molecular weight excluding hydrogens is 476 g/mol. The molecule has 3 rings (SSSR count). The Balaban J connectivity index is 1.76. The lowest BCUT2D eigenvalue weighted by Gasteiger charge is -2.36. The highest BCUT2D eigenvalue weighted by Gasteiger charge is 2.37. The maximum Gasteiger partial charge on any atom is 0.257 e. The van der Waals surface area contributed by atoms with E-state index in [-0.39, 0.29) is 17.0 Å². The molecule has 0 bridgehead atoms. The summed E-state index contributed by atoms with van der Waals surface area (Å²) in [4.78, 5) is 17.3. The highest BCUT2D eigenvalue weighted by molar-refractivity contribution is 7.13. The zero-order valence-electron chi connectivity index (χ0n) is 21.7. The number of ether oxygens (including phenoxy) is 2. The predicted molar refractivity (Wildman–Crippen MR) is 145 cm³/mol. The van der Waals surface area contributed by atoms with Crippen LogP contribution in [-0.2, 0) is 11.0 Å². The van der Waals surface area contributed by atoms with Crippen LogP contribution in [0.5, 0.6) is 11.5 Å². The second-order valence-electron chi connectivity index (χ2n) is 10.2. The fourth-order valence-electron chi connectivity index (χ4n) is 2.98. The number of hydrogen-bond acceptors (Lipinski definition) is 6. The van der Waals surface area contributed by atoms with Gasteiger partial charge in [0.15, 0.2) is 13.4 Å². The first kappa shape index (κ1) is 26.9. The van der Waals surface area contributed by atoms with E-state index in [0.29, 0.717) is 35.4 Å². The van der Waals surface area contributed by atoms with Gasteiger partial charge in [0.2, 0.25) is 0 Å². The average Bonchev–Trinajstić information content (AvgIpc) is 3.20. The number of nitrogens with one attached hydrogen (secondary N) is 1. The first-order valence-electron chi connectivity index (χ1n) is 11.8. The first-order valence-corrected chi connectivity index (χ1v) is 15.6. The molecule has 2 aromatic carbocycles. The Morgan fingerprint density at radius 3 is 2.43 bits per heavy atom. The summed E-state index contributed by atoms with van der Waals surface area (Å²) in [6.07, 6.45) is -0.189. The summed E-state index contributed by atoms with van der Waals surface area (Å²) in [5, 5.41) is 5.44. The Morgan fingerprint density at radius 1 is 1.11 bits per heavy atom. The maximum atomic E-state index is 13.0. The highest BCUT2D eigenvalue weighted by atomic mass is 32.1. The normalized spacial score (nSPS) is 12.8. The number of anilines is 1. The van der Waals surface area contributed by atoms with Crippen molar-refractivity contribution >= 4 is 30.7 Å². The minimum Gasteiger partial charge on any atom is -0.489 e. The molecule has 0 aliphatic carbocycles. The standard InChI is InChI=1S/C27H36N2O4SSi/c1-19-18-34-26(28-19)29-25(30)22-13-23(31-17-21-11-9-8-10-12-21)15-24(14-22)33-20(2)16-32-35(6,7)27(3,4)5/h8-15,18,20H,16-17H2,1-7H3,(H,28,29,30)/t20-/m0/s1. The van der Waals surface area contributed by atoms with Crippen molar-refractivity contribution in [3.8, 4) is 11.5 Å². The van der Waals surface area contributed by atoms with E-state index in [1.54, 1.807) is 12.1 Å². The molecule has 0 aliphatic heterocycles. The van der Waals surface area contributed by atoms with Gasteiger partial charge in [-0.3, -0.25) is 10.1 Å². The minimum absolute atomic E-state index is 0.122. The van der Waals surface area contributed by atoms with Crippen molar-refractivity contribution in [2.75, 3.05) is 11.9 Å². The van der Waals surface area contributed by atoms with E-state index >= 15 is 0 Å². The Hall–Kier alpha value is -2.68. The molecule has 0 unspecified atom stereocenters. The molecule has 8 heteroatoms. The smallest absolute Gasteiger partial charge is 0.257 e. The van der Waals surface area contributed by atoms with Crippen molar-refractivity contribution in [1.29, 1.82) is 0 Å². The van der Waals surface area contributed by atoms with E-state index in [0.717, 1.165) is 11.3 Å². The molecule has 1 amide bonds. The van der Waals surface area contributed by atoms with Gasteiger partial charge in [0.1, 0.15) is 24.2 Å². The molecule has 188 valence electrons. The number of amides is 1. The lowest BCUT2D eigenvalue weighted by Crippen LogP contribution is -2.43. The van der Waals surface area contributed by atoms with Crippen LogP contribution in [0.15, 0.2) is 53.9 Å². The number of benzene rings is 2. The van der Waals surface area contributed by atoms with Crippen molar-refractivity contribution in [1.82, 2.24) is 4.98 Å². The number of hydrogen-bond donors (Lipinski definition) is 1. The Kier molecular flexibility index (Phi) is 8.74. The van der Waals surface area contributed by atoms with Crippen molar-refractivity contribution in [3.63, 3.8) is 0 Å². The van der Waals surface area contributed by atoms with Gasteiger partial charge >= 0.3 is 0 Å². The van der Waals surface area contributed by atoms with Crippen molar-refractivity contribution in [2.24, 2.45) is 0 Å². The van der Waals surface area contributed by atoms with E-state index in [1.165, 1.54) is 11.3 Å². The van der Waals surface area contributed by atoms with Crippen molar-refractivity contribution < 1.29 is 18.7 Å². The molecule has 1 atom stereocenters. The topological polar surface area (TPSA) is 69.7 Å². The average molecular weight is 513 g/mol. The van der Waals surface area contributed by atoms with Gasteiger partial charge in [-0.2, -0.15) is 0 Å². The number of nitrogens with zero attached hydrogens (tertiary/aromatic N) is 1. The van der Waals surface area contributed by atoms with Crippen LogP contribution >= 0.6 is 11.3 Å². The van der Waals surface area contributed by atoms with Crippen LogP contribution in [0.1, 0.15) is 49.3 Å². The Labute approximate surface area is 213 Å². The molecule has 0 spiro atoms. The summed E-state index contributed by atoms with van der Waals surface area (Å²) in [7, 11) is -1.89. The molecule has 1 heterocycles. The Morgan fingerprint density at radius 2 is 1.80 bits per heavy atom. The fourth-order valence-corrected chi connectivity index (χ4v) is 4.75. The molecule has 0 fully saturated rings. The summed E-state index contributed by atoms with van der Waals surface area (Å²) in [6, 6.07) is 15.2. The molecule has 35 heavy (non-hydrogen) atoms. The molecule has 6 nitrogen and oxygen atoms in total. The maximum absolute atomic E-state index is 13.0. The summed E-state index contributed by atoms with van der Waals surface area (Å²) in [5.74, 6) is 0.853. The van der Waals surface area contributed by atoms with Crippen LogP contribution in [0.4, 0.5) is 5.13 Å². The van der Waals surface area contributed by atoms with Gasteiger partial charge in [-0.15, -0.1) is 11.3 Å². The van der Waals surface area contributed by atoms with Gasteiger partial charge < -0.3 is 13.9 Å². The number of carbonyl (C=O) groups excluding carboxylic acids is 1. The molecule has 0 aliphatic rings. The Bertz CT molecular complexity index is 1130. The van der Waals surface area contributed by atoms with E-state index < -0.39 is 8.32 Å². The molecule has 1 aromatic heterocycles. The summed E-state index contributed by atoms with van der Waals surface area (Å²) >= 11 is 1.39. The van der Waals surface area contributed by atoms with E-state index in [9.17, 15) is 4.79 Å². The van der Waals surface area contributed by atoms with Gasteiger partial charge in [0.05, 0.1) is 12.3 Å². The fraction of sp³-hybridized carbons (Fsp3) is 0.407. The lowest BCUT2D eigenvalue weighted by atomic mass is 10.2. The number of carbonyl (C=O) groups is 1. The minimum atomic E-state index is -1.89. The molecule has 1 N–H and O–H groups in total. The third kappa shape index (κ3) is 7.91. The van der Waals surface area contributed by atoms with Gasteiger partial charge in [0, 0.05) is 17.0 Å². The zero-order chi connectivity index (χ0) is 25.6. The SMILES string of the molecule is Cc1csc(NC(=O)c2cc(OCc3ccccc3)cc(O[C@@H](C)CO[Si](C)(C)C(C)(C)C)c2)n1. The molecular formula is C27H36N2O4SSi. The second kappa shape index (κ2) is 11.4. The number of aryl methyl sites for hydroxylation is 1. The van der Waals surface area contributed by atoms with Gasteiger partial charge in [-0.25, -0.2) is 4.98 Å². The predicted octanol–water partition coefficient (Wildman–Crippen LogP) is 7.07. The molecule has 0 saturated carbocycles. The third-order valence-electron chi connectivity index (χ3n) is 6.05. The molecule has 0 saturated heterocycles. The molecule has 0 radical (unpaired) electrons. The quantitative estimate of drug-likeness (QED) is 0.294. The summed E-state index contributed by atoms with van der Waals surface area (Å²) in [6.45, 7) is 15.8. The highest BCUT2D eigenvalue weighted by Crippen LogP contribution is 2.36. The van der Waals surface area contributed by atoms with E-state index in [1.807, 2.05) is 55.6 Å². The largest absolute Gasteiger partial charge is 0.489 e. The number of aromatic nitrogens is 1. The van der Waals surface area contributed by atoms with Crippen LogP contribution in [0, 0.1) is 6.92 Å². The monoisotopic (exact) mass is 512 g/mol. The van der Waals surface area contributed by atoms with Crippen molar-refractivity contribution in [3.05, 3.63) is 70.7 Å². The molecule has 3 aromatic rings. The lowest BCUT2D eigenvalue weighted by molar-refractivity contribution is 0.102. The van der Waals surface area contributed by atoms with Crippen LogP contribution in [0.25, 0.3) is 0 Å². The summed E-state index contributed by atoms with van der Waals surface area (Å²) < 4.78 is 18.5. The summed E-state index contributed by atoms with van der Waals surface area (Å²) in [5.41, 5.74) is 2.35. The van der Waals surface area contributed by atoms with Crippen molar-refractivity contribution in [2.45, 2.75) is 65.5 Å². The van der Waals surface area contributed by atoms with Crippen LogP contribution in [-0.4, -0.2) is 31.9 Å². The first-order chi connectivity index (χ1) is 16.4. The van der Waals surface area contributed by atoms with Crippen LogP contribution in [0.3, 0.4) is 0 Å². The van der Waals surface area contributed by atoms with E-state index in [2.05, 4.69) is 44.2 Å². The van der Waals surface area contributed by atoms with Gasteiger partial charge in [-0.05, 0) is 49.7 Å². The van der Waals surface area contributed by atoms with E-state index in [4.69, 9.17) is 13.9 Å². The van der Waals surface area contributed by atoms with Crippen LogP contribution < -0.4 is 14.8 Å².